The highest BCUT2D eigenvalue weighted by Crippen LogP contribution is 2.40. The maximum absolute atomic E-state index is 11.1. The second-order valence-electron chi connectivity index (χ2n) is 3.63. The van der Waals surface area contributed by atoms with Crippen molar-refractivity contribution in [1.29, 1.82) is 0 Å². The van der Waals surface area contributed by atoms with E-state index in [-0.39, 0.29) is 0 Å². The van der Waals surface area contributed by atoms with Crippen molar-refractivity contribution in [3.05, 3.63) is 0 Å². The molecule has 5 nitrogen and oxygen atoms in total. The van der Waals surface area contributed by atoms with E-state index in [1.54, 1.807) is 0 Å². The lowest BCUT2D eigenvalue weighted by molar-refractivity contribution is -0.181. The van der Waals surface area contributed by atoms with Crippen LogP contribution in [0.4, 0.5) is 0 Å². The third-order valence-corrected chi connectivity index (χ3v) is 2.88. The van der Waals surface area contributed by atoms with Crippen molar-refractivity contribution >= 4 is 11.9 Å². The van der Waals surface area contributed by atoms with Gasteiger partial charge in [0, 0.05) is 0 Å². The first-order chi connectivity index (χ1) is 5.73. The fourth-order valence-electron chi connectivity index (χ4n) is 1.30. The molecule has 1 saturated heterocycles. The molecule has 0 spiro atoms. The molecule has 0 amide bonds. The van der Waals surface area contributed by atoms with Gasteiger partial charge in [-0.2, -0.15) is 0 Å². The first-order valence-electron chi connectivity index (χ1n) is 3.92. The molecule has 1 rings (SSSR count). The van der Waals surface area contributed by atoms with Gasteiger partial charge >= 0.3 is 11.9 Å². The quantitative estimate of drug-likeness (QED) is 0.555. The Labute approximate surface area is 75.3 Å². The molecule has 0 aliphatic carbocycles. The Morgan fingerprint density at radius 1 is 1.54 bits per heavy atom. The molecule has 0 unspecified atom stereocenters. The predicted molar refractivity (Wildman–Crippen MR) is 41.9 cm³/mol. The Hall–Kier alpha value is -1.10. The van der Waals surface area contributed by atoms with Crippen LogP contribution in [0.5, 0.6) is 0 Å². The third-order valence-electron chi connectivity index (χ3n) is 2.88. The second kappa shape index (κ2) is 2.45. The van der Waals surface area contributed by atoms with E-state index in [1.807, 2.05) is 0 Å². The fourth-order valence-corrected chi connectivity index (χ4v) is 1.30. The zero-order chi connectivity index (χ0) is 10.4. The van der Waals surface area contributed by atoms with Gasteiger partial charge in [0.2, 0.25) is 5.60 Å². The number of carboxylic acids is 1. The number of esters is 1. The number of ether oxygens (including phenoxy) is 1. The van der Waals surface area contributed by atoms with Gasteiger partial charge in [0.25, 0.3) is 0 Å². The number of carboxylic acid groups (broad SMARTS) is 1. The molecule has 2 N–H and O–H groups in total. The van der Waals surface area contributed by atoms with Gasteiger partial charge in [-0.25, -0.2) is 4.79 Å². The van der Waals surface area contributed by atoms with E-state index >= 15 is 0 Å². The van der Waals surface area contributed by atoms with E-state index in [4.69, 9.17) is 5.11 Å². The number of carbonyl (C=O) groups excluding carboxylic acids is 1. The van der Waals surface area contributed by atoms with Crippen LogP contribution in [0.25, 0.3) is 0 Å². The van der Waals surface area contributed by atoms with Gasteiger partial charge < -0.3 is 14.9 Å². The van der Waals surface area contributed by atoms with Crippen molar-refractivity contribution in [2.45, 2.75) is 32.0 Å². The van der Waals surface area contributed by atoms with Crippen LogP contribution in [0.2, 0.25) is 0 Å². The van der Waals surface area contributed by atoms with E-state index in [0.29, 0.717) is 0 Å². The van der Waals surface area contributed by atoms with Crippen LogP contribution >= 0.6 is 0 Å². The van der Waals surface area contributed by atoms with Gasteiger partial charge in [-0.15, -0.1) is 0 Å². The Bertz CT molecular complexity index is 268. The van der Waals surface area contributed by atoms with E-state index in [1.165, 1.54) is 20.8 Å². The molecule has 74 valence electrons. The van der Waals surface area contributed by atoms with Crippen LogP contribution in [0.15, 0.2) is 0 Å². The van der Waals surface area contributed by atoms with Crippen molar-refractivity contribution in [3.63, 3.8) is 0 Å². The largest absolute Gasteiger partial charge is 0.478 e. The van der Waals surface area contributed by atoms with Gasteiger partial charge in [0.1, 0.15) is 5.60 Å². The second-order valence-corrected chi connectivity index (χ2v) is 3.63. The van der Waals surface area contributed by atoms with Crippen molar-refractivity contribution in [2.75, 3.05) is 0 Å². The molecule has 0 saturated carbocycles. The molecular formula is C8H12O5. The highest BCUT2D eigenvalue weighted by Gasteiger charge is 2.63. The monoisotopic (exact) mass is 188 g/mol. The molecule has 1 aliphatic heterocycles. The van der Waals surface area contributed by atoms with Crippen LogP contribution < -0.4 is 0 Å². The summed E-state index contributed by atoms with van der Waals surface area (Å²) < 4.78 is 4.65. The Kier molecular flexibility index (Phi) is 1.88. The minimum absolute atomic E-state index is 0.685. The lowest BCUT2D eigenvalue weighted by Gasteiger charge is -2.31. The molecule has 0 aromatic carbocycles. The zero-order valence-electron chi connectivity index (χ0n) is 7.70. The van der Waals surface area contributed by atoms with Gasteiger partial charge in [-0.1, -0.05) is 0 Å². The Morgan fingerprint density at radius 3 is 2.15 bits per heavy atom. The van der Waals surface area contributed by atoms with E-state index in [2.05, 4.69) is 4.74 Å². The summed E-state index contributed by atoms with van der Waals surface area (Å²) in [4.78, 5) is 21.9. The first-order valence-corrected chi connectivity index (χ1v) is 3.92. The number of carbonyl (C=O) groups is 2. The smallest absolute Gasteiger partial charge is 0.350 e. The normalized spacial score (nSPS) is 44.6. The lowest BCUT2D eigenvalue weighted by atomic mass is 9.80. The zero-order valence-corrected chi connectivity index (χ0v) is 7.70. The molecule has 3 atom stereocenters. The summed E-state index contributed by atoms with van der Waals surface area (Å²) in [5, 5.41) is 18.6. The summed E-state index contributed by atoms with van der Waals surface area (Å²) in [5.74, 6) is -2.85. The maximum Gasteiger partial charge on any atom is 0.350 e. The lowest BCUT2D eigenvalue weighted by Crippen LogP contribution is -2.54. The molecule has 1 heterocycles. The minimum atomic E-state index is -1.84. The highest BCUT2D eigenvalue weighted by molar-refractivity contribution is 5.89. The van der Waals surface area contributed by atoms with E-state index in [9.17, 15) is 14.7 Å². The van der Waals surface area contributed by atoms with Gasteiger partial charge in [0.05, 0.1) is 5.92 Å². The molecule has 0 bridgehead atoms. The van der Waals surface area contributed by atoms with Crippen LogP contribution in [0.1, 0.15) is 20.8 Å². The standard InChI is InChI=1S/C8H12O5/c1-4-5(9)13-8(3,6(10)11)7(4,2)12/h4,12H,1-3H3,(H,10,11)/t4-,7+,8-/m0/s1. The van der Waals surface area contributed by atoms with E-state index < -0.39 is 29.1 Å². The van der Waals surface area contributed by atoms with Crippen molar-refractivity contribution in [1.82, 2.24) is 0 Å². The van der Waals surface area contributed by atoms with E-state index in [0.717, 1.165) is 0 Å². The minimum Gasteiger partial charge on any atom is -0.478 e. The first kappa shape index (κ1) is 9.98. The van der Waals surface area contributed by atoms with Gasteiger partial charge in [-0.3, -0.25) is 4.79 Å². The maximum atomic E-state index is 11.1. The van der Waals surface area contributed by atoms with Crippen LogP contribution in [0, 0.1) is 5.92 Å². The summed E-state index contributed by atoms with van der Waals surface area (Å²) >= 11 is 0. The summed E-state index contributed by atoms with van der Waals surface area (Å²) in [6, 6.07) is 0. The number of aliphatic carboxylic acids is 1. The van der Waals surface area contributed by atoms with Gasteiger partial charge in [-0.05, 0) is 20.8 Å². The molecule has 1 aliphatic rings. The average Bonchev–Trinajstić information content (AvgIpc) is 2.14. The summed E-state index contributed by atoms with van der Waals surface area (Å²) in [7, 11) is 0. The van der Waals surface area contributed by atoms with Crippen molar-refractivity contribution in [3.8, 4) is 0 Å². The number of hydrogen-bond donors (Lipinski definition) is 2. The summed E-state index contributed by atoms with van der Waals surface area (Å²) in [6.07, 6.45) is 0. The molecule has 0 aromatic heterocycles. The van der Waals surface area contributed by atoms with Crippen molar-refractivity contribution < 1.29 is 24.5 Å². The number of aliphatic hydroxyl groups is 1. The van der Waals surface area contributed by atoms with Crippen LogP contribution in [-0.4, -0.2) is 33.4 Å². The Morgan fingerprint density at radius 2 is 2.00 bits per heavy atom. The third kappa shape index (κ3) is 1.03. The Balaban J connectivity index is 3.17. The molecule has 5 heteroatoms. The summed E-state index contributed by atoms with van der Waals surface area (Å²) in [6.45, 7) is 3.92. The number of rotatable bonds is 1. The molecular weight excluding hydrogens is 176 g/mol. The predicted octanol–water partition coefficient (Wildman–Crippen LogP) is -0.226. The number of cyclic esters (lactones) is 1. The van der Waals surface area contributed by atoms with Crippen molar-refractivity contribution in [2.24, 2.45) is 5.92 Å². The molecule has 1 fully saturated rings. The number of hydrogen-bond acceptors (Lipinski definition) is 4. The molecule has 0 aromatic rings. The highest BCUT2D eigenvalue weighted by atomic mass is 16.6. The summed E-state index contributed by atoms with van der Waals surface area (Å²) in [5.41, 5.74) is -3.51. The molecule has 13 heavy (non-hydrogen) atoms. The fraction of sp³-hybridized carbons (Fsp3) is 0.750. The van der Waals surface area contributed by atoms with Crippen LogP contribution in [0.3, 0.4) is 0 Å². The van der Waals surface area contributed by atoms with Crippen LogP contribution in [-0.2, 0) is 14.3 Å². The molecule has 0 radical (unpaired) electrons. The van der Waals surface area contributed by atoms with Gasteiger partial charge in [0.15, 0.2) is 0 Å². The SMILES string of the molecule is C[C@H]1C(=O)O[C@@](C)(C(=O)O)[C@]1(C)O. The average molecular weight is 188 g/mol. The topological polar surface area (TPSA) is 83.8 Å².